The van der Waals surface area contributed by atoms with Gasteiger partial charge in [0.05, 0.1) is 29.0 Å². The Morgan fingerprint density at radius 1 is 0.915 bits per heavy atom. The van der Waals surface area contributed by atoms with Gasteiger partial charge in [0.15, 0.2) is 4.80 Å². The van der Waals surface area contributed by atoms with Crippen molar-refractivity contribution in [3.63, 3.8) is 0 Å². The average molecular weight is 638 g/mol. The van der Waals surface area contributed by atoms with Gasteiger partial charge in [0.25, 0.3) is 11.5 Å². The number of nitrogens with zero attached hydrogens (tertiary/aromatic N) is 2. The standard InChI is InChI=1S/C39H31N3O4S/c1-25-35(37(43)41-30-17-4-3-5-18-30)36(28-15-11-19-31(22-28)45-2)42-38(44)34(47-39(42)40-25)23-27-13-7-9-21-33(27)46-24-29-16-10-14-26-12-6-8-20-32(26)29/h3-23,36H,24H2,1-2H3,(H,41,43). The van der Waals surface area contributed by atoms with Crippen molar-refractivity contribution in [2.45, 2.75) is 19.6 Å². The van der Waals surface area contributed by atoms with E-state index in [1.54, 1.807) is 18.6 Å². The molecule has 1 N–H and O–H groups in total. The maximum absolute atomic E-state index is 14.3. The SMILES string of the molecule is COc1cccc(C2C(C(=O)Nc3ccccc3)=C(C)N=c3sc(=Cc4ccccc4OCc4cccc5ccccc45)c(=O)n32)c1. The molecule has 0 aliphatic carbocycles. The number of hydrogen-bond acceptors (Lipinski definition) is 6. The van der Waals surface area contributed by atoms with Gasteiger partial charge < -0.3 is 14.8 Å². The van der Waals surface area contributed by atoms with E-state index in [4.69, 9.17) is 14.5 Å². The topological polar surface area (TPSA) is 81.9 Å². The molecule has 1 aliphatic rings. The molecule has 1 amide bonds. The number of carbonyl (C=O) groups is 1. The molecule has 0 radical (unpaired) electrons. The molecule has 1 atom stereocenters. The van der Waals surface area contributed by atoms with Gasteiger partial charge in [0.2, 0.25) is 0 Å². The number of aromatic nitrogens is 1. The number of para-hydroxylation sites is 2. The van der Waals surface area contributed by atoms with E-state index in [9.17, 15) is 9.59 Å². The van der Waals surface area contributed by atoms with Gasteiger partial charge in [-0.1, -0.05) is 102 Å². The molecule has 47 heavy (non-hydrogen) atoms. The summed E-state index contributed by atoms with van der Waals surface area (Å²) in [4.78, 5) is 33.4. The molecule has 232 valence electrons. The Morgan fingerprint density at radius 3 is 2.51 bits per heavy atom. The van der Waals surface area contributed by atoms with Gasteiger partial charge in [-0.3, -0.25) is 14.2 Å². The van der Waals surface area contributed by atoms with Crippen LogP contribution in [0.5, 0.6) is 11.5 Å². The summed E-state index contributed by atoms with van der Waals surface area (Å²) in [5.74, 6) is 0.959. The Morgan fingerprint density at radius 2 is 1.66 bits per heavy atom. The lowest BCUT2D eigenvalue weighted by molar-refractivity contribution is -0.113. The number of rotatable bonds is 8. The zero-order valence-corrected chi connectivity index (χ0v) is 26.7. The quantitative estimate of drug-likeness (QED) is 0.204. The van der Waals surface area contributed by atoms with Gasteiger partial charge >= 0.3 is 0 Å². The Balaban J connectivity index is 1.29. The monoisotopic (exact) mass is 637 g/mol. The van der Waals surface area contributed by atoms with E-state index >= 15 is 0 Å². The molecule has 1 unspecified atom stereocenters. The van der Waals surface area contributed by atoms with Crippen LogP contribution < -0.4 is 29.7 Å². The fourth-order valence-corrected chi connectivity index (χ4v) is 6.94. The zero-order valence-electron chi connectivity index (χ0n) is 25.8. The lowest BCUT2D eigenvalue weighted by Crippen LogP contribution is -2.40. The second-order valence-corrected chi connectivity index (χ2v) is 12.2. The number of fused-ring (bicyclic) bond motifs is 2. The number of allylic oxidation sites excluding steroid dienone is 1. The average Bonchev–Trinajstić information content (AvgIpc) is 3.41. The lowest BCUT2D eigenvalue weighted by Gasteiger charge is -2.25. The molecule has 0 spiro atoms. The number of hydrogen-bond donors (Lipinski definition) is 1. The summed E-state index contributed by atoms with van der Waals surface area (Å²) in [7, 11) is 1.59. The number of anilines is 1. The third kappa shape index (κ3) is 5.98. The van der Waals surface area contributed by atoms with Crippen LogP contribution >= 0.6 is 11.3 Å². The molecule has 0 bridgehead atoms. The van der Waals surface area contributed by atoms with Crippen LogP contribution in [0.2, 0.25) is 0 Å². The van der Waals surface area contributed by atoms with Crippen molar-refractivity contribution in [1.29, 1.82) is 0 Å². The fourth-order valence-electron chi connectivity index (χ4n) is 5.91. The summed E-state index contributed by atoms with van der Waals surface area (Å²) in [5, 5.41) is 5.28. The highest BCUT2D eigenvalue weighted by Gasteiger charge is 2.32. The number of carbonyl (C=O) groups excluding carboxylic acids is 1. The number of amides is 1. The van der Waals surface area contributed by atoms with Crippen LogP contribution in [0.1, 0.15) is 29.7 Å². The first-order chi connectivity index (χ1) is 23.0. The Bertz CT molecular complexity index is 2340. The first-order valence-electron chi connectivity index (χ1n) is 15.2. The number of thiazole rings is 1. The first kappa shape index (κ1) is 30.0. The molecule has 0 saturated carbocycles. The maximum atomic E-state index is 14.3. The van der Waals surface area contributed by atoms with Gasteiger partial charge in [-0.2, -0.15) is 0 Å². The molecule has 2 heterocycles. The van der Waals surface area contributed by atoms with Gasteiger partial charge in [-0.15, -0.1) is 0 Å². The van der Waals surface area contributed by atoms with E-state index in [2.05, 4.69) is 29.6 Å². The van der Waals surface area contributed by atoms with Crippen molar-refractivity contribution in [2.75, 3.05) is 12.4 Å². The number of ether oxygens (including phenoxy) is 2. The molecule has 1 aliphatic heterocycles. The molecule has 7 rings (SSSR count). The van der Waals surface area contributed by atoms with Gasteiger partial charge in [0.1, 0.15) is 18.1 Å². The van der Waals surface area contributed by atoms with Crippen molar-refractivity contribution in [3.05, 3.63) is 169 Å². The van der Waals surface area contributed by atoms with Crippen LogP contribution in [-0.2, 0) is 11.4 Å². The van der Waals surface area contributed by atoms with Crippen molar-refractivity contribution >= 4 is 39.8 Å². The Hall–Kier alpha value is -5.73. The third-order valence-electron chi connectivity index (χ3n) is 8.18. The second-order valence-electron chi connectivity index (χ2n) is 11.1. The van der Waals surface area contributed by atoms with E-state index in [0.717, 1.165) is 27.5 Å². The minimum absolute atomic E-state index is 0.247. The molecule has 8 heteroatoms. The van der Waals surface area contributed by atoms with Crippen molar-refractivity contribution in [2.24, 2.45) is 4.99 Å². The normalized spacial score (nSPS) is 14.4. The van der Waals surface area contributed by atoms with Gasteiger partial charge in [-0.25, -0.2) is 4.99 Å². The lowest BCUT2D eigenvalue weighted by atomic mass is 9.95. The van der Waals surface area contributed by atoms with E-state index in [1.165, 1.54) is 11.3 Å². The molecule has 0 saturated heterocycles. The summed E-state index contributed by atoms with van der Waals surface area (Å²) >= 11 is 1.29. The van der Waals surface area contributed by atoms with Crippen LogP contribution in [0, 0.1) is 0 Å². The molecule has 7 nitrogen and oxygen atoms in total. The highest BCUT2D eigenvalue weighted by Crippen LogP contribution is 2.32. The summed E-state index contributed by atoms with van der Waals surface area (Å²) in [5.41, 5.74) is 3.92. The minimum atomic E-state index is -0.718. The van der Waals surface area contributed by atoms with Crippen molar-refractivity contribution in [3.8, 4) is 11.5 Å². The van der Waals surface area contributed by atoms with Crippen LogP contribution in [0.25, 0.3) is 16.8 Å². The van der Waals surface area contributed by atoms with Crippen LogP contribution in [0.3, 0.4) is 0 Å². The van der Waals surface area contributed by atoms with E-state index in [0.29, 0.717) is 44.4 Å². The van der Waals surface area contributed by atoms with Crippen molar-refractivity contribution in [1.82, 2.24) is 4.57 Å². The van der Waals surface area contributed by atoms with E-state index in [-0.39, 0.29) is 11.5 Å². The third-order valence-corrected chi connectivity index (χ3v) is 9.16. The minimum Gasteiger partial charge on any atom is -0.497 e. The maximum Gasteiger partial charge on any atom is 0.271 e. The smallest absolute Gasteiger partial charge is 0.271 e. The molecule has 6 aromatic rings. The fraction of sp³-hybridized carbons (Fsp3) is 0.103. The predicted molar refractivity (Wildman–Crippen MR) is 187 cm³/mol. The van der Waals surface area contributed by atoms with Crippen LogP contribution in [0.4, 0.5) is 5.69 Å². The van der Waals surface area contributed by atoms with E-state index < -0.39 is 6.04 Å². The number of benzene rings is 5. The molecular formula is C39H31N3O4S. The number of methoxy groups -OCH3 is 1. The summed E-state index contributed by atoms with van der Waals surface area (Å²) in [6.45, 7) is 2.18. The Labute approximate surface area is 275 Å². The highest BCUT2D eigenvalue weighted by atomic mass is 32.1. The van der Waals surface area contributed by atoms with Crippen LogP contribution in [0.15, 0.2) is 142 Å². The second kappa shape index (κ2) is 12.9. The molecule has 5 aromatic carbocycles. The first-order valence-corrected chi connectivity index (χ1v) is 16.0. The zero-order chi connectivity index (χ0) is 32.3. The summed E-state index contributed by atoms with van der Waals surface area (Å²) in [6.07, 6.45) is 1.84. The Kier molecular flexibility index (Phi) is 8.25. The molecule has 0 fully saturated rings. The number of nitrogens with one attached hydrogen (secondary N) is 1. The highest BCUT2D eigenvalue weighted by molar-refractivity contribution is 7.07. The summed E-state index contributed by atoms with van der Waals surface area (Å²) < 4.78 is 14.0. The molecular weight excluding hydrogens is 607 g/mol. The summed E-state index contributed by atoms with van der Waals surface area (Å²) in [6, 6.07) is 38.1. The molecule has 1 aromatic heterocycles. The predicted octanol–water partition coefficient (Wildman–Crippen LogP) is 6.61. The van der Waals surface area contributed by atoms with Crippen molar-refractivity contribution < 1.29 is 14.3 Å². The van der Waals surface area contributed by atoms with E-state index in [1.807, 2.05) is 103 Å². The van der Waals surface area contributed by atoms with Gasteiger partial charge in [0, 0.05) is 11.3 Å². The van der Waals surface area contributed by atoms with Crippen LogP contribution in [-0.4, -0.2) is 17.6 Å². The largest absolute Gasteiger partial charge is 0.497 e. The van der Waals surface area contributed by atoms with Gasteiger partial charge in [-0.05, 0) is 65.2 Å².